The average Bonchev–Trinajstić information content (AvgIpc) is 2.92. The molecule has 1 aliphatic rings. The molecule has 1 unspecified atom stereocenters. The monoisotopic (exact) mass is 317 g/mol. The summed E-state index contributed by atoms with van der Waals surface area (Å²) in [5.74, 6) is 0.108. The van der Waals surface area contributed by atoms with Crippen molar-refractivity contribution in [3.05, 3.63) is 27.7 Å². The lowest BCUT2D eigenvalue weighted by molar-refractivity contribution is 0.0854. The minimum Gasteiger partial charge on any atom is -0.491 e. The van der Waals surface area contributed by atoms with Gasteiger partial charge in [0.15, 0.2) is 5.75 Å². The number of benzene rings is 1. The maximum Gasteiger partial charge on any atom is 0.255 e. The Hall–Kier alpha value is -0.970. The fourth-order valence-corrected chi connectivity index (χ4v) is 2.68. The third-order valence-corrected chi connectivity index (χ3v) is 3.55. The summed E-state index contributed by atoms with van der Waals surface area (Å²) < 4.78 is 10.9. The smallest absolute Gasteiger partial charge is 0.255 e. The predicted octanol–water partition coefficient (Wildman–Crippen LogP) is 3.30. The molecule has 0 aromatic heterocycles. The van der Waals surface area contributed by atoms with Gasteiger partial charge in [-0.05, 0) is 31.9 Å². The van der Waals surface area contributed by atoms with Gasteiger partial charge in [0.1, 0.15) is 0 Å². The second-order valence-electron chi connectivity index (χ2n) is 4.54. The third-order valence-electron chi connectivity index (χ3n) is 3.06. The molecule has 0 bridgehead atoms. The number of hydrogen-bond acceptors (Lipinski definition) is 3. The summed E-state index contributed by atoms with van der Waals surface area (Å²) in [6.07, 6.45) is 2.09. The van der Waals surface area contributed by atoms with Crippen LogP contribution in [0.4, 0.5) is 0 Å². The number of rotatable bonds is 5. The normalized spacial score (nSPS) is 18.1. The zero-order valence-electron chi connectivity index (χ0n) is 11.2. The number of amides is 1. The lowest BCUT2D eigenvalue weighted by Gasteiger charge is -2.14. The van der Waals surface area contributed by atoms with E-state index in [1.807, 2.05) is 6.92 Å². The molecule has 0 saturated carbocycles. The Labute approximate surface area is 128 Å². The summed E-state index contributed by atoms with van der Waals surface area (Å²) in [5, 5.41) is 3.57. The van der Waals surface area contributed by atoms with Crippen molar-refractivity contribution in [3.63, 3.8) is 0 Å². The van der Waals surface area contributed by atoms with Crippen molar-refractivity contribution in [2.24, 2.45) is 0 Å². The maximum absolute atomic E-state index is 12.2. The molecule has 0 spiro atoms. The van der Waals surface area contributed by atoms with Gasteiger partial charge in [-0.2, -0.15) is 0 Å². The van der Waals surface area contributed by atoms with Gasteiger partial charge < -0.3 is 14.8 Å². The summed E-state index contributed by atoms with van der Waals surface area (Å²) in [6.45, 7) is 3.49. The minimum absolute atomic E-state index is 0.0872. The maximum atomic E-state index is 12.2. The summed E-state index contributed by atoms with van der Waals surface area (Å²) >= 11 is 12.0. The second kappa shape index (κ2) is 7.16. The van der Waals surface area contributed by atoms with Crippen LogP contribution in [-0.2, 0) is 4.74 Å². The number of nitrogens with one attached hydrogen (secondary N) is 1. The van der Waals surface area contributed by atoms with E-state index in [-0.39, 0.29) is 12.0 Å². The molecule has 1 aliphatic heterocycles. The van der Waals surface area contributed by atoms with Crippen LogP contribution in [0.15, 0.2) is 12.1 Å². The molecule has 0 aliphatic carbocycles. The van der Waals surface area contributed by atoms with E-state index in [9.17, 15) is 4.79 Å². The summed E-state index contributed by atoms with van der Waals surface area (Å²) in [7, 11) is 0. The number of ether oxygens (including phenoxy) is 2. The first-order valence-corrected chi connectivity index (χ1v) is 7.39. The highest BCUT2D eigenvalue weighted by Gasteiger charge is 2.20. The van der Waals surface area contributed by atoms with Crippen LogP contribution in [0.2, 0.25) is 10.0 Å². The van der Waals surface area contributed by atoms with Gasteiger partial charge in [-0.15, -0.1) is 0 Å². The van der Waals surface area contributed by atoms with Crippen molar-refractivity contribution in [1.82, 2.24) is 5.32 Å². The number of carbonyl (C=O) groups is 1. The highest BCUT2D eigenvalue weighted by atomic mass is 35.5. The Bertz CT molecular complexity index is 488. The van der Waals surface area contributed by atoms with E-state index >= 15 is 0 Å². The van der Waals surface area contributed by atoms with Crippen LogP contribution < -0.4 is 10.1 Å². The van der Waals surface area contributed by atoms with Gasteiger partial charge in [0.2, 0.25) is 0 Å². The zero-order valence-corrected chi connectivity index (χ0v) is 12.8. The lowest BCUT2D eigenvalue weighted by Crippen LogP contribution is -2.32. The molecule has 1 aromatic rings. The summed E-state index contributed by atoms with van der Waals surface area (Å²) in [4.78, 5) is 12.2. The van der Waals surface area contributed by atoms with Crippen molar-refractivity contribution < 1.29 is 14.3 Å². The molecular weight excluding hydrogens is 301 g/mol. The Morgan fingerprint density at radius 2 is 2.30 bits per heavy atom. The van der Waals surface area contributed by atoms with Crippen LogP contribution in [0, 0.1) is 0 Å². The largest absolute Gasteiger partial charge is 0.491 e. The molecule has 20 heavy (non-hydrogen) atoms. The number of hydrogen-bond donors (Lipinski definition) is 1. The van der Waals surface area contributed by atoms with Gasteiger partial charge in [-0.1, -0.05) is 23.2 Å². The van der Waals surface area contributed by atoms with Crippen LogP contribution in [0.1, 0.15) is 30.1 Å². The highest BCUT2D eigenvalue weighted by molar-refractivity contribution is 6.36. The van der Waals surface area contributed by atoms with E-state index in [2.05, 4.69) is 5.32 Å². The molecule has 1 fully saturated rings. The molecule has 1 saturated heterocycles. The van der Waals surface area contributed by atoms with E-state index in [1.165, 1.54) is 0 Å². The molecule has 2 rings (SSSR count). The first kappa shape index (κ1) is 15.4. The zero-order chi connectivity index (χ0) is 14.5. The molecule has 1 N–H and O–H groups in total. The van der Waals surface area contributed by atoms with Gasteiger partial charge in [0.05, 0.1) is 23.3 Å². The van der Waals surface area contributed by atoms with Crippen LogP contribution in [0.3, 0.4) is 0 Å². The molecule has 4 nitrogen and oxygen atoms in total. The van der Waals surface area contributed by atoms with Gasteiger partial charge in [0.25, 0.3) is 5.91 Å². The quantitative estimate of drug-likeness (QED) is 0.906. The molecule has 1 atom stereocenters. The Kier molecular flexibility index (Phi) is 5.52. The Morgan fingerprint density at radius 1 is 1.50 bits per heavy atom. The second-order valence-corrected chi connectivity index (χ2v) is 5.39. The van der Waals surface area contributed by atoms with Gasteiger partial charge >= 0.3 is 0 Å². The Balaban J connectivity index is 2.10. The number of carbonyl (C=O) groups excluding carboxylic acids is 1. The Morgan fingerprint density at radius 3 is 2.95 bits per heavy atom. The van der Waals surface area contributed by atoms with E-state index in [4.69, 9.17) is 32.7 Å². The van der Waals surface area contributed by atoms with Gasteiger partial charge in [0, 0.05) is 18.2 Å². The van der Waals surface area contributed by atoms with E-state index in [0.29, 0.717) is 34.5 Å². The molecule has 1 amide bonds. The highest BCUT2D eigenvalue weighted by Crippen LogP contribution is 2.32. The van der Waals surface area contributed by atoms with E-state index < -0.39 is 0 Å². The van der Waals surface area contributed by atoms with Crippen molar-refractivity contribution in [3.8, 4) is 5.75 Å². The molecule has 0 radical (unpaired) electrons. The van der Waals surface area contributed by atoms with Gasteiger partial charge in [-0.25, -0.2) is 0 Å². The SMILES string of the molecule is CCOc1c(Cl)cc(Cl)cc1C(=O)NCC1CCCO1. The summed E-state index contributed by atoms with van der Waals surface area (Å²) in [5.41, 5.74) is 0.349. The molecule has 110 valence electrons. The van der Waals surface area contributed by atoms with Crippen LogP contribution in [-0.4, -0.2) is 31.8 Å². The van der Waals surface area contributed by atoms with Crippen molar-refractivity contribution >= 4 is 29.1 Å². The van der Waals surface area contributed by atoms with Crippen LogP contribution >= 0.6 is 23.2 Å². The topological polar surface area (TPSA) is 47.6 Å². The van der Waals surface area contributed by atoms with Gasteiger partial charge in [-0.3, -0.25) is 4.79 Å². The third kappa shape index (κ3) is 3.78. The lowest BCUT2D eigenvalue weighted by atomic mass is 10.1. The van der Waals surface area contributed by atoms with Crippen LogP contribution in [0.5, 0.6) is 5.75 Å². The van der Waals surface area contributed by atoms with Crippen LogP contribution in [0.25, 0.3) is 0 Å². The standard InChI is InChI=1S/C14H17Cl2NO3/c1-2-19-13-11(6-9(15)7-12(13)16)14(18)17-8-10-4-3-5-20-10/h6-7,10H,2-5,8H2,1H3,(H,17,18). The first-order chi connectivity index (χ1) is 9.61. The molecule has 6 heteroatoms. The molecule has 1 heterocycles. The molecule has 1 aromatic carbocycles. The van der Waals surface area contributed by atoms with Crippen molar-refractivity contribution in [2.45, 2.75) is 25.9 Å². The molecular formula is C14H17Cl2NO3. The minimum atomic E-state index is -0.256. The number of halogens is 2. The first-order valence-electron chi connectivity index (χ1n) is 6.63. The van der Waals surface area contributed by atoms with E-state index in [1.54, 1.807) is 12.1 Å². The fourth-order valence-electron chi connectivity index (χ4n) is 2.13. The summed E-state index contributed by atoms with van der Waals surface area (Å²) in [6, 6.07) is 3.12. The van der Waals surface area contributed by atoms with Crippen molar-refractivity contribution in [1.29, 1.82) is 0 Å². The fraction of sp³-hybridized carbons (Fsp3) is 0.500. The predicted molar refractivity (Wildman–Crippen MR) is 78.9 cm³/mol. The average molecular weight is 318 g/mol. The van der Waals surface area contributed by atoms with E-state index in [0.717, 1.165) is 19.4 Å². The van der Waals surface area contributed by atoms with Crippen molar-refractivity contribution in [2.75, 3.05) is 19.8 Å².